The van der Waals surface area contributed by atoms with Gasteiger partial charge in [-0.3, -0.25) is 0 Å². The van der Waals surface area contributed by atoms with Gasteiger partial charge in [-0.1, -0.05) is 0 Å². The van der Waals surface area contributed by atoms with Crippen molar-refractivity contribution in [2.75, 3.05) is 18.5 Å². The molecule has 0 heterocycles. The van der Waals surface area contributed by atoms with Crippen molar-refractivity contribution < 1.29 is 14.6 Å². The van der Waals surface area contributed by atoms with Crippen molar-refractivity contribution in [3.8, 4) is 0 Å². The van der Waals surface area contributed by atoms with Gasteiger partial charge in [0.1, 0.15) is 0 Å². The molecule has 1 aromatic rings. The summed E-state index contributed by atoms with van der Waals surface area (Å²) < 4.78 is 6.05. The zero-order chi connectivity index (χ0) is 14.3. The number of hydrogen-bond donors (Lipinski definition) is 2. The standard InChI is InChI=1S/C14H20BrNO3/c1-10(2)19-8-4-3-7-16-11-5-6-12(14(17)18)13(15)9-11/h5-6,9-10,16H,3-4,7-8H2,1-2H3,(H,17,18). The van der Waals surface area contributed by atoms with Gasteiger partial charge in [0.2, 0.25) is 0 Å². The Hall–Kier alpha value is -1.07. The molecule has 0 bridgehead atoms. The van der Waals surface area contributed by atoms with E-state index in [4.69, 9.17) is 9.84 Å². The van der Waals surface area contributed by atoms with E-state index in [2.05, 4.69) is 21.2 Å². The zero-order valence-electron chi connectivity index (χ0n) is 11.3. The van der Waals surface area contributed by atoms with Crippen LogP contribution in [0.2, 0.25) is 0 Å². The van der Waals surface area contributed by atoms with Crippen LogP contribution in [0.1, 0.15) is 37.0 Å². The number of unbranched alkanes of at least 4 members (excludes halogenated alkanes) is 1. The Kier molecular flexibility index (Phi) is 6.87. The lowest BCUT2D eigenvalue weighted by Crippen LogP contribution is -2.07. The average Bonchev–Trinajstić information content (AvgIpc) is 2.32. The van der Waals surface area contributed by atoms with E-state index in [1.807, 2.05) is 13.8 Å². The number of ether oxygens (including phenoxy) is 1. The predicted octanol–water partition coefficient (Wildman–Crippen LogP) is 3.76. The van der Waals surface area contributed by atoms with Crippen molar-refractivity contribution >= 4 is 27.6 Å². The summed E-state index contributed by atoms with van der Waals surface area (Å²) in [7, 11) is 0. The van der Waals surface area contributed by atoms with E-state index in [1.54, 1.807) is 18.2 Å². The van der Waals surface area contributed by atoms with Crippen LogP contribution in [0.15, 0.2) is 22.7 Å². The SMILES string of the molecule is CC(C)OCCCCNc1ccc(C(=O)O)c(Br)c1. The number of carboxylic acid groups (broad SMARTS) is 1. The number of carbonyl (C=O) groups is 1. The van der Waals surface area contributed by atoms with Gasteiger partial charge >= 0.3 is 5.97 Å². The minimum Gasteiger partial charge on any atom is -0.478 e. The molecule has 4 nitrogen and oxygen atoms in total. The summed E-state index contributed by atoms with van der Waals surface area (Å²) in [5, 5.41) is 12.2. The number of anilines is 1. The second-order valence-corrected chi connectivity index (χ2v) is 5.41. The van der Waals surface area contributed by atoms with Crippen molar-refractivity contribution in [3.63, 3.8) is 0 Å². The van der Waals surface area contributed by atoms with Crippen molar-refractivity contribution in [2.24, 2.45) is 0 Å². The van der Waals surface area contributed by atoms with Crippen LogP contribution in [0.5, 0.6) is 0 Å². The van der Waals surface area contributed by atoms with Crippen molar-refractivity contribution in [1.29, 1.82) is 0 Å². The van der Waals surface area contributed by atoms with Crippen LogP contribution in [0.3, 0.4) is 0 Å². The Bertz CT molecular complexity index is 421. The van der Waals surface area contributed by atoms with Crippen LogP contribution < -0.4 is 5.32 Å². The lowest BCUT2D eigenvalue weighted by molar-refractivity contribution is 0.0695. The maximum atomic E-state index is 10.9. The molecule has 0 saturated heterocycles. The first-order chi connectivity index (χ1) is 9.00. The molecule has 106 valence electrons. The molecule has 0 aromatic heterocycles. The highest BCUT2D eigenvalue weighted by Gasteiger charge is 2.07. The maximum Gasteiger partial charge on any atom is 0.336 e. The molecular formula is C14H20BrNO3. The molecule has 0 fully saturated rings. The van der Waals surface area contributed by atoms with Gasteiger partial charge < -0.3 is 15.2 Å². The van der Waals surface area contributed by atoms with E-state index in [0.29, 0.717) is 4.47 Å². The number of aromatic carboxylic acids is 1. The summed E-state index contributed by atoms with van der Waals surface area (Å²) in [6.45, 7) is 5.68. The number of rotatable bonds is 8. The minimum atomic E-state index is -0.927. The van der Waals surface area contributed by atoms with Crippen molar-refractivity contribution in [1.82, 2.24) is 0 Å². The summed E-state index contributed by atoms with van der Waals surface area (Å²) >= 11 is 3.26. The molecule has 1 rings (SSSR count). The Labute approximate surface area is 122 Å². The molecule has 2 N–H and O–H groups in total. The van der Waals surface area contributed by atoms with Gasteiger partial charge in [-0.15, -0.1) is 0 Å². The van der Waals surface area contributed by atoms with Gasteiger partial charge in [0, 0.05) is 23.3 Å². The van der Waals surface area contributed by atoms with Gasteiger partial charge in [0.05, 0.1) is 11.7 Å². The molecule has 0 aliphatic heterocycles. The molecule has 0 spiro atoms. The van der Waals surface area contributed by atoms with Crippen LogP contribution in [0.4, 0.5) is 5.69 Å². The first-order valence-electron chi connectivity index (χ1n) is 6.39. The van der Waals surface area contributed by atoms with Crippen molar-refractivity contribution in [3.05, 3.63) is 28.2 Å². The van der Waals surface area contributed by atoms with Gasteiger partial charge in [-0.05, 0) is 60.8 Å². The van der Waals surface area contributed by atoms with Crippen LogP contribution in [0.25, 0.3) is 0 Å². The number of benzene rings is 1. The fourth-order valence-corrected chi connectivity index (χ4v) is 2.13. The Balaban J connectivity index is 2.30. The third-order valence-corrected chi connectivity index (χ3v) is 3.21. The van der Waals surface area contributed by atoms with Crippen molar-refractivity contribution in [2.45, 2.75) is 32.8 Å². The number of hydrogen-bond acceptors (Lipinski definition) is 3. The molecule has 1 aromatic carbocycles. The van der Waals surface area contributed by atoms with Crippen LogP contribution >= 0.6 is 15.9 Å². The maximum absolute atomic E-state index is 10.9. The first kappa shape index (κ1) is 16.0. The van der Waals surface area contributed by atoms with Crippen LogP contribution in [-0.4, -0.2) is 30.3 Å². The molecule has 0 amide bonds. The molecule has 5 heteroatoms. The monoisotopic (exact) mass is 329 g/mol. The lowest BCUT2D eigenvalue weighted by atomic mass is 10.2. The minimum absolute atomic E-state index is 0.274. The van der Waals surface area contributed by atoms with E-state index in [-0.39, 0.29) is 11.7 Å². The average molecular weight is 330 g/mol. The zero-order valence-corrected chi connectivity index (χ0v) is 12.9. The van der Waals surface area contributed by atoms with E-state index < -0.39 is 5.97 Å². The summed E-state index contributed by atoms with van der Waals surface area (Å²) in [6.07, 6.45) is 2.32. The van der Waals surface area contributed by atoms with Gasteiger partial charge in [-0.25, -0.2) is 4.79 Å². The topological polar surface area (TPSA) is 58.6 Å². The molecule has 0 atom stereocenters. The van der Waals surface area contributed by atoms with Gasteiger partial charge in [0.15, 0.2) is 0 Å². The summed E-state index contributed by atoms with van der Waals surface area (Å²) in [5.41, 5.74) is 1.19. The molecule has 19 heavy (non-hydrogen) atoms. The molecule has 0 radical (unpaired) electrons. The number of carboxylic acids is 1. The first-order valence-corrected chi connectivity index (χ1v) is 7.18. The van der Waals surface area contributed by atoms with E-state index in [1.165, 1.54) is 0 Å². The normalized spacial score (nSPS) is 10.7. The molecule has 0 saturated carbocycles. The highest BCUT2D eigenvalue weighted by Crippen LogP contribution is 2.21. The summed E-state index contributed by atoms with van der Waals surface area (Å²) in [5.74, 6) is -0.927. The highest BCUT2D eigenvalue weighted by molar-refractivity contribution is 9.10. The molecule has 0 aliphatic rings. The smallest absolute Gasteiger partial charge is 0.336 e. The second-order valence-electron chi connectivity index (χ2n) is 4.55. The van der Waals surface area contributed by atoms with Gasteiger partial charge in [-0.2, -0.15) is 0 Å². The third-order valence-electron chi connectivity index (χ3n) is 2.55. The number of halogens is 1. The van der Waals surface area contributed by atoms with Crippen LogP contribution in [-0.2, 0) is 4.74 Å². The third kappa shape index (κ3) is 6.07. The molecule has 0 aliphatic carbocycles. The fraction of sp³-hybridized carbons (Fsp3) is 0.500. The van der Waals surface area contributed by atoms with Gasteiger partial charge in [0.25, 0.3) is 0 Å². The number of nitrogens with one attached hydrogen (secondary N) is 1. The summed E-state index contributed by atoms with van der Waals surface area (Å²) in [4.78, 5) is 10.9. The lowest BCUT2D eigenvalue weighted by Gasteiger charge is -2.09. The Morgan fingerprint density at radius 1 is 1.42 bits per heavy atom. The quantitative estimate of drug-likeness (QED) is 0.713. The van der Waals surface area contributed by atoms with E-state index in [9.17, 15) is 4.79 Å². The molecular weight excluding hydrogens is 310 g/mol. The second kappa shape index (κ2) is 8.17. The molecule has 0 unspecified atom stereocenters. The van der Waals surface area contributed by atoms with E-state index in [0.717, 1.165) is 31.7 Å². The largest absolute Gasteiger partial charge is 0.478 e. The summed E-state index contributed by atoms with van der Waals surface area (Å²) in [6, 6.07) is 5.16. The van der Waals surface area contributed by atoms with E-state index >= 15 is 0 Å². The Morgan fingerprint density at radius 2 is 2.16 bits per heavy atom. The van der Waals surface area contributed by atoms with Crippen LogP contribution in [0, 0.1) is 0 Å². The highest BCUT2D eigenvalue weighted by atomic mass is 79.9. The predicted molar refractivity (Wildman–Crippen MR) is 79.9 cm³/mol. The fourth-order valence-electron chi connectivity index (χ4n) is 1.58. The Morgan fingerprint density at radius 3 is 2.74 bits per heavy atom.